The molecule has 0 aliphatic heterocycles. The second kappa shape index (κ2) is 5.32. The van der Waals surface area contributed by atoms with Gasteiger partial charge in [-0.2, -0.15) is 0 Å². The van der Waals surface area contributed by atoms with Crippen LogP contribution in [0.4, 0.5) is 0 Å². The molecule has 0 radical (unpaired) electrons. The Morgan fingerprint density at radius 3 is 2.31 bits per heavy atom. The van der Waals surface area contributed by atoms with Crippen molar-refractivity contribution in [1.82, 2.24) is 5.32 Å². The number of hydrogen-bond donors (Lipinski definition) is 2. The molecule has 16 heavy (non-hydrogen) atoms. The molecule has 1 aliphatic carbocycles. The Bertz CT molecular complexity index is 269. The highest BCUT2D eigenvalue weighted by Gasteiger charge is 2.38. The first-order valence-corrected chi connectivity index (χ1v) is 5.94. The summed E-state index contributed by atoms with van der Waals surface area (Å²) >= 11 is 0. The molecule has 0 bridgehead atoms. The van der Waals surface area contributed by atoms with Gasteiger partial charge in [0.05, 0.1) is 0 Å². The molecule has 0 heterocycles. The van der Waals surface area contributed by atoms with Crippen LogP contribution < -0.4 is 5.32 Å². The second-order valence-electron chi connectivity index (χ2n) is 5.14. The third-order valence-corrected chi connectivity index (χ3v) is 3.10. The van der Waals surface area contributed by atoms with E-state index in [9.17, 15) is 9.59 Å². The summed E-state index contributed by atoms with van der Waals surface area (Å²) in [4.78, 5) is 21.8. The fourth-order valence-corrected chi connectivity index (χ4v) is 1.89. The summed E-state index contributed by atoms with van der Waals surface area (Å²) in [6, 6.07) is 0. The van der Waals surface area contributed by atoms with E-state index in [1.165, 1.54) is 12.8 Å². The zero-order valence-corrected chi connectivity index (χ0v) is 10.1. The maximum atomic E-state index is 11.6. The molecule has 1 aliphatic rings. The van der Waals surface area contributed by atoms with Crippen LogP contribution in [0.5, 0.6) is 0 Å². The van der Waals surface area contributed by atoms with Gasteiger partial charge in [0.1, 0.15) is 0 Å². The van der Waals surface area contributed by atoms with Gasteiger partial charge in [0.2, 0.25) is 5.91 Å². The van der Waals surface area contributed by atoms with Crippen molar-refractivity contribution in [2.75, 3.05) is 0 Å². The lowest BCUT2D eigenvalue weighted by Crippen LogP contribution is -2.45. The van der Waals surface area contributed by atoms with Gasteiger partial charge < -0.3 is 10.4 Å². The van der Waals surface area contributed by atoms with E-state index in [2.05, 4.69) is 19.2 Å². The van der Waals surface area contributed by atoms with E-state index >= 15 is 0 Å². The Labute approximate surface area is 96.4 Å². The summed E-state index contributed by atoms with van der Waals surface area (Å²) < 4.78 is 0. The number of carboxylic acids is 1. The van der Waals surface area contributed by atoms with Crippen LogP contribution in [0.25, 0.3) is 0 Å². The van der Waals surface area contributed by atoms with E-state index in [1.807, 2.05) is 0 Å². The molecule has 0 aromatic rings. The maximum absolute atomic E-state index is 11.6. The van der Waals surface area contributed by atoms with Gasteiger partial charge in [-0.1, -0.05) is 0 Å². The minimum absolute atomic E-state index is 0.0438. The number of amides is 1. The van der Waals surface area contributed by atoms with Crippen molar-refractivity contribution in [3.8, 4) is 0 Å². The predicted molar refractivity (Wildman–Crippen MR) is 61.0 cm³/mol. The zero-order valence-electron chi connectivity index (χ0n) is 10.1. The molecule has 1 amide bonds. The van der Waals surface area contributed by atoms with E-state index in [0.29, 0.717) is 25.2 Å². The Balaban J connectivity index is 2.13. The van der Waals surface area contributed by atoms with Crippen LogP contribution >= 0.6 is 0 Å². The van der Waals surface area contributed by atoms with Crippen molar-refractivity contribution < 1.29 is 14.7 Å². The first kappa shape index (κ1) is 13.0. The molecular formula is C12H21NO3. The summed E-state index contributed by atoms with van der Waals surface area (Å²) in [7, 11) is 0. The third-order valence-electron chi connectivity index (χ3n) is 3.10. The summed E-state index contributed by atoms with van der Waals surface area (Å²) in [6.45, 7) is 4.11. The molecule has 1 fully saturated rings. The summed E-state index contributed by atoms with van der Waals surface area (Å²) in [5, 5.41) is 11.5. The number of unbranched alkanes of at least 4 members (excludes halogenated alkanes) is 1. The Morgan fingerprint density at radius 2 is 1.81 bits per heavy atom. The van der Waals surface area contributed by atoms with Crippen molar-refractivity contribution in [3.05, 3.63) is 0 Å². The number of aliphatic carboxylic acids is 1. The molecule has 92 valence electrons. The van der Waals surface area contributed by atoms with Crippen LogP contribution in [-0.4, -0.2) is 22.5 Å². The van der Waals surface area contributed by atoms with Crippen molar-refractivity contribution in [2.24, 2.45) is 5.92 Å². The molecule has 0 unspecified atom stereocenters. The van der Waals surface area contributed by atoms with Gasteiger partial charge in [-0.3, -0.25) is 9.59 Å². The molecule has 1 rings (SSSR count). The molecule has 1 saturated carbocycles. The molecule has 0 spiro atoms. The normalized spacial score (nSPS) is 15.9. The number of carbonyl (C=O) groups is 2. The van der Waals surface area contributed by atoms with Crippen LogP contribution in [0.15, 0.2) is 0 Å². The highest BCUT2D eigenvalue weighted by Crippen LogP contribution is 2.39. The second-order valence-corrected chi connectivity index (χ2v) is 5.14. The average Bonchev–Trinajstić information content (AvgIpc) is 2.94. The van der Waals surface area contributed by atoms with Gasteiger partial charge in [0.25, 0.3) is 0 Å². The SMILES string of the molecule is CC(C)(NC(=O)CCCCC(=O)O)C1CC1. The maximum Gasteiger partial charge on any atom is 0.303 e. The van der Waals surface area contributed by atoms with E-state index in [4.69, 9.17) is 5.11 Å². The van der Waals surface area contributed by atoms with E-state index in [1.54, 1.807) is 0 Å². The molecule has 0 atom stereocenters. The van der Waals surface area contributed by atoms with E-state index in [-0.39, 0.29) is 17.9 Å². The Hall–Kier alpha value is -1.06. The Kier molecular flexibility index (Phi) is 4.33. The van der Waals surface area contributed by atoms with E-state index in [0.717, 1.165) is 0 Å². The number of nitrogens with one attached hydrogen (secondary N) is 1. The van der Waals surface area contributed by atoms with Crippen molar-refractivity contribution in [1.29, 1.82) is 0 Å². The fraction of sp³-hybridized carbons (Fsp3) is 0.833. The van der Waals surface area contributed by atoms with E-state index < -0.39 is 5.97 Å². The standard InChI is InChI=1S/C12H21NO3/c1-12(2,9-7-8-9)13-10(14)5-3-4-6-11(15)16/h9H,3-8H2,1-2H3,(H,13,14)(H,15,16). The fourth-order valence-electron chi connectivity index (χ4n) is 1.89. The molecule has 4 nitrogen and oxygen atoms in total. The smallest absolute Gasteiger partial charge is 0.303 e. The third kappa shape index (κ3) is 4.64. The first-order chi connectivity index (χ1) is 7.42. The number of carbonyl (C=O) groups excluding carboxylic acids is 1. The molecule has 0 aromatic carbocycles. The monoisotopic (exact) mass is 227 g/mol. The minimum atomic E-state index is -0.793. The highest BCUT2D eigenvalue weighted by atomic mass is 16.4. The molecular weight excluding hydrogens is 206 g/mol. The topological polar surface area (TPSA) is 66.4 Å². The summed E-state index contributed by atoms with van der Waals surface area (Å²) in [5.41, 5.74) is -0.0934. The number of rotatable bonds is 7. The lowest BCUT2D eigenvalue weighted by Gasteiger charge is -2.26. The van der Waals surface area contributed by atoms with Gasteiger partial charge in [-0.15, -0.1) is 0 Å². The van der Waals surface area contributed by atoms with Crippen LogP contribution in [-0.2, 0) is 9.59 Å². The van der Waals surface area contributed by atoms with Crippen molar-refractivity contribution in [2.45, 2.75) is 57.9 Å². The van der Waals surface area contributed by atoms with Crippen molar-refractivity contribution >= 4 is 11.9 Å². The van der Waals surface area contributed by atoms with Crippen LogP contribution in [0, 0.1) is 5.92 Å². The quantitative estimate of drug-likeness (QED) is 0.653. The Morgan fingerprint density at radius 1 is 1.25 bits per heavy atom. The molecule has 0 aromatic heterocycles. The molecule has 0 saturated heterocycles. The average molecular weight is 227 g/mol. The number of carboxylic acid groups (broad SMARTS) is 1. The van der Waals surface area contributed by atoms with Crippen LogP contribution in [0.2, 0.25) is 0 Å². The lowest BCUT2D eigenvalue weighted by molar-refractivity contribution is -0.137. The highest BCUT2D eigenvalue weighted by molar-refractivity contribution is 5.76. The van der Waals surface area contributed by atoms with Gasteiger partial charge in [-0.25, -0.2) is 0 Å². The van der Waals surface area contributed by atoms with Gasteiger partial charge >= 0.3 is 5.97 Å². The minimum Gasteiger partial charge on any atom is -0.481 e. The largest absolute Gasteiger partial charge is 0.481 e. The van der Waals surface area contributed by atoms with Crippen molar-refractivity contribution in [3.63, 3.8) is 0 Å². The zero-order chi connectivity index (χ0) is 12.2. The summed E-state index contributed by atoms with van der Waals surface area (Å²) in [5.74, 6) is -0.128. The van der Waals surface area contributed by atoms with Gasteiger partial charge in [0.15, 0.2) is 0 Å². The number of hydrogen-bond acceptors (Lipinski definition) is 2. The van der Waals surface area contributed by atoms with Crippen LogP contribution in [0.1, 0.15) is 52.4 Å². The predicted octanol–water partition coefficient (Wildman–Crippen LogP) is 1.94. The van der Waals surface area contributed by atoms with Crippen LogP contribution in [0.3, 0.4) is 0 Å². The lowest BCUT2D eigenvalue weighted by atomic mass is 9.98. The summed E-state index contributed by atoms with van der Waals surface area (Å²) in [6.07, 6.45) is 4.22. The van der Waals surface area contributed by atoms with Gasteiger partial charge in [0, 0.05) is 18.4 Å². The first-order valence-electron chi connectivity index (χ1n) is 5.94. The molecule has 4 heteroatoms. The molecule has 2 N–H and O–H groups in total. The van der Waals surface area contributed by atoms with Gasteiger partial charge in [-0.05, 0) is 45.4 Å².